The monoisotopic (exact) mass is 275 g/mol. The molecular weight excluding hydrogens is 262 g/mol. The molecule has 0 fully saturated rings. The molecule has 0 saturated heterocycles. The molecule has 1 N–H and O–H groups in total. The lowest BCUT2D eigenvalue weighted by molar-refractivity contribution is -0.137. The number of ether oxygens (including phenoxy) is 1. The molecule has 0 aliphatic rings. The Morgan fingerprint density at radius 3 is 2.53 bits per heavy atom. The van der Waals surface area contributed by atoms with Crippen LogP contribution in [0.15, 0.2) is 0 Å². The van der Waals surface area contributed by atoms with Gasteiger partial charge < -0.3 is 9.84 Å². The molecule has 0 heterocycles. The van der Waals surface area contributed by atoms with Crippen LogP contribution in [0.2, 0.25) is 0 Å². The van der Waals surface area contributed by atoms with Crippen molar-refractivity contribution in [1.82, 2.24) is 0 Å². The maximum absolute atomic E-state index is 11.6. The average molecular weight is 276 g/mol. The first-order valence-corrected chi connectivity index (χ1v) is 7.05. The molecule has 0 rings (SSSR count). The third kappa shape index (κ3) is 7.97. The molecule has 0 aliphatic heterocycles. The summed E-state index contributed by atoms with van der Waals surface area (Å²) in [5.74, 6) is -0.331. The highest BCUT2D eigenvalue weighted by Gasteiger charge is 2.31. The number of alkyl halides is 2. The van der Waals surface area contributed by atoms with E-state index in [4.69, 9.17) is 33.0 Å². The Hall–Kier alpha value is 0.110. The summed E-state index contributed by atoms with van der Waals surface area (Å²) in [5.41, 5.74) is -0.412. The smallest absolute Gasteiger partial charge is 0.370 e. The summed E-state index contributed by atoms with van der Waals surface area (Å²) in [7, 11) is -1.69. The zero-order chi connectivity index (χ0) is 11.7. The van der Waals surface area contributed by atoms with Crippen LogP contribution < -0.4 is 0 Å². The molecule has 0 aromatic heterocycles. The molecular formula is C8H14Cl2O4P+. The first-order valence-electron chi connectivity index (χ1n) is 4.47. The fraction of sp³-hybridized carbons (Fsp3) is 0.875. The Kier molecular flexibility index (Phi) is 9.41. The Morgan fingerprint density at radius 2 is 2.07 bits per heavy atom. The lowest BCUT2D eigenvalue weighted by Crippen LogP contribution is -2.12. The number of hydrogen-bond acceptors (Lipinski definition) is 3. The van der Waals surface area contributed by atoms with Crippen molar-refractivity contribution >= 4 is 37.0 Å². The van der Waals surface area contributed by atoms with Crippen LogP contribution in [0.1, 0.15) is 12.8 Å². The molecule has 0 aromatic carbocycles. The van der Waals surface area contributed by atoms with Crippen LogP contribution >= 0.6 is 31.0 Å². The summed E-state index contributed by atoms with van der Waals surface area (Å²) in [6, 6.07) is 0. The van der Waals surface area contributed by atoms with Gasteiger partial charge in [-0.15, -0.1) is 23.2 Å². The molecule has 0 amide bonds. The highest BCUT2D eigenvalue weighted by molar-refractivity contribution is 7.45. The minimum absolute atomic E-state index is 0.0525. The van der Waals surface area contributed by atoms with Crippen LogP contribution in [0.25, 0.3) is 0 Å². The summed E-state index contributed by atoms with van der Waals surface area (Å²) in [4.78, 5) is 10.5. The average Bonchev–Trinajstić information content (AvgIpc) is 2.17. The molecule has 88 valence electrons. The van der Waals surface area contributed by atoms with Crippen LogP contribution in [-0.2, 0) is 14.1 Å². The standard InChI is InChI=1S/C8H13Cl2O4P/c9-2-1-7(5-8(11)12)15(13)6-14-4-3-10/h7H,1-6H2/p+1. The molecule has 0 saturated carbocycles. The summed E-state index contributed by atoms with van der Waals surface area (Å²) in [5, 5.41) is 8.60. The molecule has 2 unspecified atom stereocenters. The maximum atomic E-state index is 11.6. The van der Waals surface area contributed by atoms with Gasteiger partial charge in [0, 0.05) is 18.2 Å². The van der Waals surface area contributed by atoms with E-state index < -0.39 is 19.4 Å². The first kappa shape index (κ1) is 15.1. The number of rotatable bonds is 9. The van der Waals surface area contributed by atoms with Crippen molar-refractivity contribution in [2.45, 2.75) is 18.5 Å². The Bertz CT molecular complexity index is 213. The largest absolute Gasteiger partial charge is 0.481 e. The lowest BCUT2D eigenvalue weighted by atomic mass is 10.2. The quantitative estimate of drug-likeness (QED) is 0.399. The Morgan fingerprint density at radius 1 is 1.40 bits per heavy atom. The van der Waals surface area contributed by atoms with E-state index in [9.17, 15) is 9.36 Å². The number of carboxylic acid groups (broad SMARTS) is 1. The van der Waals surface area contributed by atoms with Gasteiger partial charge in [0.05, 0.1) is 13.0 Å². The molecule has 0 aromatic rings. The molecule has 0 radical (unpaired) electrons. The van der Waals surface area contributed by atoms with Gasteiger partial charge >= 0.3 is 13.8 Å². The van der Waals surface area contributed by atoms with E-state index in [1.54, 1.807) is 0 Å². The van der Waals surface area contributed by atoms with E-state index in [2.05, 4.69) is 0 Å². The van der Waals surface area contributed by atoms with Gasteiger partial charge in [-0.1, -0.05) is 4.57 Å². The van der Waals surface area contributed by atoms with Crippen LogP contribution in [0.4, 0.5) is 0 Å². The maximum Gasteiger partial charge on any atom is 0.370 e. The van der Waals surface area contributed by atoms with Gasteiger partial charge in [0.15, 0.2) is 5.66 Å². The van der Waals surface area contributed by atoms with E-state index >= 15 is 0 Å². The molecule has 2 atom stereocenters. The third-order valence-corrected chi connectivity index (χ3v) is 3.76. The summed E-state index contributed by atoms with van der Waals surface area (Å²) >= 11 is 10.9. The van der Waals surface area contributed by atoms with Gasteiger partial charge in [-0.3, -0.25) is 4.79 Å². The predicted molar refractivity (Wildman–Crippen MR) is 60.5 cm³/mol. The molecule has 0 bridgehead atoms. The number of carbonyl (C=O) groups is 1. The second-order valence-corrected chi connectivity index (χ2v) is 5.45. The van der Waals surface area contributed by atoms with Gasteiger partial charge in [-0.25, -0.2) is 0 Å². The lowest BCUT2D eigenvalue weighted by Gasteiger charge is -2.02. The molecule has 4 nitrogen and oxygen atoms in total. The predicted octanol–water partition coefficient (Wildman–Crippen LogP) is 2.50. The van der Waals surface area contributed by atoms with Crippen molar-refractivity contribution in [1.29, 1.82) is 0 Å². The number of halogens is 2. The number of aliphatic carboxylic acids is 1. The summed E-state index contributed by atoms with van der Waals surface area (Å²) in [6.07, 6.45) is 0.344. The number of hydrogen-bond donors (Lipinski definition) is 1. The van der Waals surface area contributed by atoms with Crippen LogP contribution in [-0.4, -0.2) is 41.4 Å². The van der Waals surface area contributed by atoms with Crippen LogP contribution in [0.3, 0.4) is 0 Å². The molecule has 0 spiro atoms. The van der Waals surface area contributed by atoms with E-state index in [0.29, 0.717) is 24.8 Å². The second kappa shape index (κ2) is 9.34. The third-order valence-electron chi connectivity index (χ3n) is 1.70. The van der Waals surface area contributed by atoms with Gasteiger partial charge in [-0.05, 0) is 0 Å². The topological polar surface area (TPSA) is 63.6 Å². The minimum atomic E-state index is -1.69. The molecule has 15 heavy (non-hydrogen) atoms. The molecule has 0 aliphatic carbocycles. The number of carboxylic acids is 1. The van der Waals surface area contributed by atoms with Crippen LogP contribution in [0, 0.1) is 0 Å². The second-order valence-electron chi connectivity index (χ2n) is 2.87. The van der Waals surface area contributed by atoms with Crippen molar-refractivity contribution in [3.05, 3.63) is 0 Å². The fourth-order valence-corrected chi connectivity index (χ4v) is 2.81. The van der Waals surface area contributed by atoms with Crippen molar-refractivity contribution in [3.8, 4) is 0 Å². The Balaban J connectivity index is 3.98. The Labute approximate surface area is 99.7 Å². The van der Waals surface area contributed by atoms with Gasteiger partial charge in [-0.2, -0.15) is 0 Å². The zero-order valence-electron chi connectivity index (χ0n) is 8.20. The van der Waals surface area contributed by atoms with Crippen molar-refractivity contribution in [2.24, 2.45) is 0 Å². The van der Waals surface area contributed by atoms with Crippen LogP contribution in [0.5, 0.6) is 0 Å². The van der Waals surface area contributed by atoms with Gasteiger partial charge in [0.1, 0.15) is 0 Å². The minimum Gasteiger partial charge on any atom is -0.481 e. The highest BCUT2D eigenvalue weighted by atomic mass is 35.5. The van der Waals surface area contributed by atoms with Gasteiger partial charge in [0.2, 0.25) is 6.35 Å². The van der Waals surface area contributed by atoms with Crippen molar-refractivity contribution in [3.63, 3.8) is 0 Å². The highest BCUT2D eigenvalue weighted by Crippen LogP contribution is 2.33. The fourth-order valence-electron chi connectivity index (χ4n) is 0.990. The summed E-state index contributed by atoms with van der Waals surface area (Å²) < 4.78 is 16.6. The normalized spacial score (nSPS) is 13.6. The van der Waals surface area contributed by atoms with E-state index in [1.807, 2.05) is 0 Å². The van der Waals surface area contributed by atoms with E-state index in [0.717, 1.165) is 0 Å². The van der Waals surface area contributed by atoms with E-state index in [-0.39, 0.29) is 12.8 Å². The SMILES string of the molecule is O=C(O)CC(CCCl)[P+](=O)COCCCl. The van der Waals surface area contributed by atoms with Crippen molar-refractivity contribution < 1.29 is 19.2 Å². The first-order chi connectivity index (χ1) is 7.11. The van der Waals surface area contributed by atoms with E-state index in [1.165, 1.54) is 0 Å². The molecule has 7 heteroatoms. The van der Waals surface area contributed by atoms with Gasteiger partial charge in [0.25, 0.3) is 0 Å². The van der Waals surface area contributed by atoms with Crippen molar-refractivity contribution in [2.75, 3.05) is 24.7 Å². The summed E-state index contributed by atoms with van der Waals surface area (Å²) in [6.45, 7) is 0.323. The zero-order valence-corrected chi connectivity index (χ0v) is 10.6.